The zero-order chi connectivity index (χ0) is 11.1. The molecule has 1 heterocycles. The second-order valence-electron chi connectivity index (χ2n) is 2.53. The van der Waals surface area contributed by atoms with E-state index in [-0.39, 0.29) is 0 Å². The average Bonchev–Trinajstić information content (AvgIpc) is 2.29. The molecule has 15 heavy (non-hydrogen) atoms. The van der Waals surface area contributed by atoms with Crippen LogP contribution in [-0.4, -0.2) is 22.8 Å². The van der Waals surface area contributed by atoms with Crippen molar-refractivity contribution in [3.63, 3.8) is 0 Å². The molecule has 0 aliphatic heterocycles. The quantitative estimate of drug-likeness (QED) is 0.442. The number of hydrogen-bond acceptors (Lipinski definition) is 5. The fraction of sp³-hybridized carbons (Fsp3) is 0.300. The fourth-order valence-electron chi connectivity index (χ4n) is 0.898. The Hall–Kier alpha value is -1.54. The van der Waals surface area contributed by atoms with Gasteiger partial charge in [-0.05, 0) is 19.3 Å². The van der Waals surface area contributed by atoms with Crippen LogP contribution in [0.1, 0.15) is 18.2 Å². The third kappa shape index (κ3) is 3.26. The molecule has 0 N–H and O–H groups in total. The van der Waals surface area contributed by atoms with E-state index in [1.807, 2.05) is 19.2 Å². The Morgan fingerprint density at radius 2 is 2.47 bits per heavy atom. The topological polar surface area (TPSA) is 58.8 Å². The maximum atomic E-state index is 8.83. The average molecular weight is 221 g/mol. The third-order valence-electron chi connectivity index (χ3n) is 1.59. The molecule has 1 aromatic rings. The second-order valence-corrected chi connectivity index (χ2v) is 3.30. The number of thioether (sulfide) groups is 1. The van der Waals surface area contributed by atoms with E-state index in [2.05, 4.69) is 9.97 Å². The number of nitrogens with zero attached hydrogens (tertiary/aromatic N) is 3. The lowest BCUT2D eigenvalue weighted by Gasteiger charge is -1.99. The molecule has 0 aromatic carbocycles. The summed E-state index contributed by atoms with van der Waals surface area (Å²) in [7, 11) is 0. The highest BCUT2D eigenvalue weighted by Crippen LogP contribution is 2.12. The van der Waals surface area contributed by atoms with Gasteiger partial charge in [-0.1, -0.05) is 11.8 Å². The van der Waals surface area contributed by atoms with Crippen LogP contribution in [0.15, 0.2) is 17.6 Å². The summed E-state index contributed by atoms with van der Waals surface area (Å²) in [5, 5.41) is 9.47. The lowest BCUT2D eigenvalue weighted by molar-refractivity contribution is 0.272. The monoisotopic (exact) mass is 221 g/mol. The van der Waals surface area contributed by atoms with E-state index in [0.29, 0.717) is 23.0 Å². The Kier molecular flexibility index (Phi) is 4.64. The van der Waals surface area contributed by atoms with E-state index < -0.39 is 0 Å². The van der Waals surface area contributed by atoms with E-state index in [1.54, 1.807) is 6.08 Å². The van der Waals surface area contributed by atoms with Gasteiger partial charge in [0.15, 0.2) is 5.16 Å². The van der Waals surface area contributed by atoms with Crippen LogP contribution >= 0.6 is 11.8 Å². The molecule has 0 spiro atoms. The molecule has 0 amide bonds. The zero-order valence-corrected chi connectivity index (χ0v) is 9.41. The molecule has 5 heteroatoms. The van der Waals surface area contributed by atoms with Gasteiger partial charge in [0.05, 0.1) is 24.1 Å². The minimum Gasteiger partial charge on any atom is -0.501 e. The van der Waals surface area contributed by atoms with Crippen molar-refractivity contribution in [3.05, 3.63) is 23.7 Å². The molecule has 0 fully saturated rings. The molecule has 0 atom stereocenters. The molecule has 1 rings (SSSR count). The van der Waals surface area contributed by atoms with Crippen molar-refractivity contribution in [1.82, 2.24) is 9.97 Å². The van der Waals surface area contributed by atoms with Gasteiger partial charge in [-0.25, -0.2) is 9.97 Å². The fourth-order valence-corrected chi connectivity index (χ4v) is 1.25. The van der Waals surface area contributed by atoms with E-state index in [0.717, 1.165) is 0 Å². The van der Waals surface area contributed by atoms with Crippen molar-refractivity contribution in [2.75, 3.05) is 12.9 Å². The molecule has 0 unspecified atom stereocenters. The lowest BCUT2D eigenvalue weighted by Crippen LogP contribution is -1.93. The number of ether oxygens (including phenoxy) is 1. The number of hydrogen-bond donors (Lipinski definition) is 0. The minimum atomic E-state index is 0.448. The number of aromatic nitrogens is 2. The number of nitriles is 1. The Labute approximate surface area is 93.0 Å². The molecule has 0 saturated heterocycles. The molecular formula is C10H11N3OS. The van der Waals surface area contributed by atoms with Gasteiger partial charge in [0.2, 0.25) is 0 Å². The maximum Gasteiger partial charge on any atom is 0.187 e. The highest BCUT2D eigenvalue weighted by atomic mass is 32.2. The smallest absolute Gasteiger partial charge is 0.187 e. The minimum absolute atomic E-state index is 0.448. The summed E-state index contributed by atoms with van der Waals surface area (Å²) in [6, 6.07) is 2.03. The van der Waals surface area contributed by atoms with Gasteiger partial charge in [-0.2, -0.15) is 5.26 Å². The van der Waals surface area contributed by atoms with Crippen LogP contribution in [-0.2, 0) is 4.74 Å². The van der Waals surface area contributed by atoms with Gasteiger partial charge >= 0.3 is 0 Å². The summed E-state index contributed by atoms with van der Waals surface area (Å²) >= 11 is 1.44. The van der Waals surface area contributed by atoms with Crippen LogP contribution in [0.3, 0.4) is 0 Å². The second kappa shape index (κ2) is 6.04. The molecular weight excluding hydrogens is 210 g/mol. The van der Waals surface area contributed by atoms with Crippen LogP contribution in [0.25, 0.3) is 6.08 Å². The van der Waals surface area contributed by atoms with Gasteiger partial charge in [0.1, 0.15) is 6.07 Å². The first-order chi connectivity index (χ1) is 7.31. The zero-order valence-electron chi connectivity index (χ0n) is 8.60. The van der Waals surface area contributed by atoms with Gasteiger partial charge < -0.3 is 4.74 Å². The molecule has 0 bridgehead atoms. The van der Waals surface area contributed by atoms with Gasteiger partial charge in [-0.3, -0.25) is 0 Å². The van der Waals surface area contributed by atoms with Crippen LogP contribution in [0.2, 0.25) is 0 Å². The summed E-state index contributed by atoms with van der Waals surface area (Å²) in [6.45, 7) is 2.49. The standard InChI is InChI=1S/C10H11N3OS/c1-3-14-5-4-9-8(6-11)7-12-10(13-9)15-2/h4-5,7H,3H2,1-2H3/b5-4+. The predicted octanol–water partition coefficient (Wildman–Crippen LogP) is 2.08. The lowest BCUT2D eigenvalue weighted by atomic mass is 10.2. The van der Waals surface area contributed by atoms with E-state index in [4.69, 9.17) is 10.00 Å². The highest BCUT2D eigenvalue weighted by Gasteiger charge is 2.02. The van der Waals surface area contributed by atoms with Gasteiger partial charge in [-0.15, -0.1) is 0 Å². The Morgan fingerprint density at radius 3 is 3.07 bits per heavy atom. The Balaban J connectivity index is 2.97. The summed E-state index contributed by atoms with van der Waals surface area (Å²) in [5.41, 5.74) is 1.04. The first kappa shape index (κ1) is 11.5. The van der Waals surface area contributed by atoms with Crippen molar-refractivity contribution in [2.45, 2.75) is 12.1 Å². The molecule has 0 saturated carbocycles. The summed E-state index contributed by atoms with van der Waals surface area (Å²) in [6.07, 6.45) is 6.61. The summed E-state index contributed by atoms with van der Waals surface area (Å²) in [5.74, 6) is 0. The molecule has 4 nitrogen and oxygen atoms in total. The third-order valence-corrected chi connectivity index (χ3v) is 2.15. The van der Waals surface area contributed by atoms with Crippen molar-refractivity contribution in [3.8, 4) is 6.07 Å². The Morgan fingerprint density at radius 1 is 1.67 bits per heavy atom. The summed E-state index contributed by atoms with van der Waals surface area (Å²) in [4.78, 5) is 8.21. The van der Waals surface area contributed by atoms with E-state index in [1.165, 1.54) is 24.2 Å². The van der Waals surface area contributed by atoms with Gasteiger partial charge in [0.25, 0.3) is 0 Å². The normalized spacial score (nSPS) is 10.2. The molecule has 0 radical (unpaired) electrons. The van der Waals surface area contributed by atoms with Crippen molar-refractivity contribution in [1.29, 1.82) is 5.26 Å². The van der Waals surface area contributed by atoms with Crippen molar-refractivity contribution >= 4 is 17.8 Å². The molecule has 0 aliphatic carbocycles. The van der Waals surface area contributed by atoms with Crippen LogP contribution in [0.4, 0.5) is 0 Å². The van der Waals surface area contributed by atoms with Crippen molar-refractivity contribution in [2.24, 2.45) is 0 Å². The van der Waals surface area contributed by atoms with Gasteiger partial charge in [0, 0.05) is 6.20 Å². The highest BCUT2D eigenvalue weighted by molar-refractivity contribution is 7.98. The largest absolute Gasteiger partial charge is 0.501 e. The van der Waals surface area contributed by atoms with E-state index >= 15 is 0 Å². The molecule has 78 valence electrons. The predicted molar refractivity (Wildman–Crippen MR) is 59.2 cm³/mol. The van der Waals surface area contributed by atoms with Crippen LogP contribution in [0.5, 0.6) is 0 Å². The van der Waals surface area contributed by atoms with E-state index in [9.17, 15) is 0 Å². The number of rotatable bonds is 4. The first-order valence-corrected chi connectivity index (χ1v) is 5.63. The Bertz CT molecular complexity index is 398. The maximum absolute atomic E-state index is 8.83. The van der Waals surface area contributed by atoms with Crippen LogP contribution in [0, 0.1) is 11.3 Å². The van der Waals surface area contributed by atoms with Crippen molar-refractivity contribution < 1.29 is 4.74 Å². The summed E-state index contributed by atoms with van der Waals surface area (Å²) < 4.78 is 5.05. The first-order valence-electron chi connectivity index (χ1n) is 4.41. The molecule has 1 aromatic heterocycles. The molecule has 0 aliphatic rings. The SMILES string of the molecule is CCO/C=C/c1nc(SC)ncc1C#N. The van der Waals surface area contributed by atoms with Crippen LogP contribution < -0.4 is 0 Å².